The molecule has 8 rings (SSSR count). The van der Waals surface area contributed by atoms with E-state index in [1.54, 1.807) is 7.11 Å². The van der Waals surface area contributed by atoms with Crippen molar-refractivity contribution in [3.05, 3.63) is 83.9 Å². The average Bonchev–Trinajstić information content (AvgIpc) is 3.52. The predicted molar refractivity (Wildman–Crippen MR) is 156 cm³/mol. The van der Waals surface area contributed by atoms with E-state index in [2.05, 4.69) is 105 Å². The highest BCUT2D eigenvalue weighted by Gasteiger charge is 2.23. The molecule has 3 heterocycles. The smallest absolute Gasteiger partial charge is 0.136 e. The molecule has 5 aromatic carbocycles. The van der Waals surface area contributed by atoms with Gasteiger partial charge in [0.1, 0.15) is 16.9 Å². The monoisotopic (exact) mass is 481 g/mol. The molecule has 180 valence electrons. The molecule has 0 atom stereocenters. The molecule has 0 aliphatic rings. The zero-order valence-corrected chi connectivity index (χ0v) is 21.7. The number of aryl methyl sites for hydroxylation is 1. The fourth-order valence-electron chi connectivity index (χ4n) is 6.36. The minimum atomic E-state index is 0.0724. The molecular weight excluding hydrogens is 454 g/mol. The molecule has 0 saturated carbocycles. The summed E-state index contributed by atoms with van der Waals surface area (Å²) in [6.07, 6.45) is 0. The van der Waals surface area contributed by atoms with E-state index in [4.69, 9.17) is 9.15 Å². The molecule has 0 radical (unpaired) electrons. The van der Waals surface area contributed by atoms with E-state index in [-0.39, 0.29) is 5.41 Å². The molecule has 0 N–H and O–H groups in total. The molecule has 3 aromatic heterocycles. The Morgan fingerprint density at radius 2 is 1.51 bits per heavy atom. The van der Waals surface area contributed by atoms with Gasteiger partial charge in [0.05, 0.1) is 29.0 Å². The maximum Gasteiger partial charge on any atom is 0.136 e. The highest BCUT2D eigenvalue weighted by atomic mass is 16.5. The van der Waals surface area contributed by atoms with Gasteiger partial charge in [0.25, 0.3) is 0 Å². The molecule has 3 nitrogen and oxygen atoms in total. The minimum Gasteiger partial charge on any atom is -0.496 e. The molecule has 0 amide bonds. The highest BCUT2D eigenvalue weighted by Crippen LogP contribution is 2.46. The van der Waals surface area contributed by atoms with Crippen LogP contribution in [0, 0.1) is 6.92 Å². The fraction of sp³-hybridized carbons (Fsp3) is 0.176. The van der Waals surface area contributed by atoms with E-state index in [9.17, 15) is 0 Å². The van der Waals surface area contributed by atoms with E-state index in [1.165, 1.54) is 70.8 Å². The van der Waals surface area contributed by atoms with Gasteiger partial charge < -0.3 is 13.6 Å². The Kier molecular flexibility index (Phi) is 3.81. The SMILES string of the molecule is COc1ccc2c3cc4c(ccc5oc6cc(C)ccc6c54)cc3n3c4ccc(C(C)(C)C)cc4c1c23. The van der Waals surface area contributed by atoms with Crippen LogP contribution in [-0.4, -0.2) is 11.5 Å². The van der Waals surface area contributed by atoms with Gasteiger partial charge in [0.15, 0.2) is 0 Å². The largest absolute Gasteiger partial charge is 0.496 e. The first-order chi connectivity index (χ1) is 17.8. The van der Waals surface area contributed by atoms with Crippen molar-refractivity contribution < 1.29 is 9.15 Å². The molecule has 0 aliphatic heterocycles. The van der Waals surface area contributed by atoms with Gasteiger partial charge in [0.2, 0.25) is 0 Å². The van der Waals surface area contributed by atoms with Gasteiger partial charge in [-0.05, 0) is 82.8 Å². The van der Waals surface area contributed by atoms with Crippen molar-refractivity contribution in [1.82, 2.24) is 4.40 Å². The zero-order chi connectivity index (χ0) is 25.2. The summed E-state index contributed by atoms with van der Waals surface area (Å²) in [6.45, 7) is 8.91. The molecule has 0 bridgehead atoms. The van der Waals surface area contributed by atoms with Crippen LogP contribution in [0.15, 0.2) is 77.2 Å². The van der Waals surface area contributed by atoms with Crippen molar-refractivity contribution >= 4 is 70.8 Å². The number of ether oxygens (including phenoxy) is 1. The Morgan fingerprint density at radius 3 is 2.32 bits per heavy atom. The Hall–Kier alpha value is -4.24. The quantitative estimate of drug-likeness (QED) is 0.233. The number of methoxy groups -OCH3 is 1. The summed E-state index contributed by atoms with van der Waals surface area (Å²) in [6, 6.07) is 26.8. The van der Waals surface area contributed by atoms with E-state index in [0.29, 0.717) is 0 Å². The van der Waals surface area contributed by atoms with E-state index >= 15 is 0 Å². The Morgan fingerprint density at radius 1 is 0.676 bits per heavy atom. The minimum absolute atomic E-state index is 0.0724. The summed E-state index contributed by atoms with van der Waals surface area (Å²) >= 11 is 0. The van der Waals surface area contributed by atoms with Crippen molar-refractivity contribution in [3.8, 4) is 5.75 Å². The molecule has 37 heavy (non-hydrogen) atoms. The lowest BCUT2D eigenvalue weighted by molar-refractivity contribution is 0.420. The molecular formula is C34H27NO2. The first-order valence-electron chi connectivity index (χ1n) is 12.9. The first-order valence-corrected chi connectivity index (χ1v) is 12.9. The van der Waals surface area contributed by atoms with Gasteiger partial charge in [-0.15, -0.1) is 0 Å². The van der Waals surface area contributed by atoms with Crippen molar-refractivity contribution in [2.75, 3.05) is 7.11 Å². The maximum atomic E-state index is 6.27. The molecule has 8 aromatic rings. The summed E-state index contributed by atoms with van der Waals surface area (Å²) in [5.41, 5.74) is 8.16. The van der Waals surface area contributed by atoms with Crippen molar-refractivity contribution in [2.24, 2.45) is 0 Å². The van der Waals surface area contributed by atoms with Crippen LogP contribution in [0.3, 0.4) is 0 Å². The van der Waals surface area contributed by atoms with Crippen LogP contribution in [0.5, 0.6) is 5.75 Å². The second-order valence-corrected chi connectivity index (χ2v) is 11.5. The van der Waals surface area contributed by atoms with Crippen LogP contribution in [-0.2, 0) is 5.41 Å². The van der Waals surface area contributed by atoms with Gasteiger partial charge in [-0.1, -0.05) is 45.0 Å². The Balaban J connectivity index is 1.58. The van der Waals surface area contributed by atoms with E-state index in [0.717, 1.165) is 16.9 Å². The van der Waals surface area contributed by atoms with Crippen LogP contribution in [0.4, 0.5) is 0 Å². The lowest BCUT2D eigenvalue weighted by atomic mass is 9.86. The number of nitrogens with zero attached hydrogens (tertiary/aromatic N) is 1. The normalized spacial score (nSPS) is 13.0. The first kappa shape index (κ1) is 20.9. The molecule has 0 spiro atoms. The molecule has 0 saturated heterocycles. The van der Waals surface area contributed by atoms with Crippen molar-refractivity contribution in [3.63, 3.8) is 0 Å². The third-order valence-electron chi connectivity index (χ3n) is 8.21. The standard InChI is InChI=1S/C34H27NO2/c1-18-6-9-22-30(14-18)37-29-12-7-19-15-27-24(17-23(19)31(22)29)21-10-13-28(36-5)32-25-16-20(34(2,3)4)8-11-26(25)35(27)33(21)32/h6-17H,1-5H3. The van der Waals surface area contributed by atoms with Crippen LogP contribution >= 0.6 is 0 Å². The number of fused-ring (bicyclic) bond motifs is 11. The number of aromatic nitrogens is 1. The van der Waals surface area contributed by atoms with E-state index in [1.807, 2.05) is 0 Å². The third kappa shape index (κ3) is 2.61. The summed E-state index contributed by atoms with van der Waals surface area (Å²) in [4.78, 5) is 0. The zero-order valence-electron chi connectivity index (χ0n) is 21.7. The summed E-state index contributed by atoms with van der Waals surface area (Å²) < 4.78 is 14.6. The Labute approximate surface area is 214 Å². The predicted octanol–water partition coefficient (Wildman–Crippen LogP) is 9.50. The van der Waals surface area contributed by atoms with Gasteiger partial charge in [0, 0.05) is 26.9 Å². The lowest BCUT2D eigenvalue weighted by Crippen LogP contribution is -2.10. The molecule has 0 aliphatic carbocycles. The van der Waals surface area contributed by atoms with E-state index < -0.39 is 0 Å². The van der Waals surface area contributed by atoms with Gasteiger partial charge in [-0.2, -0.15) is 0 Å². The fourth-order valence-corrected chi connectivity index (χ4v) is 6.36. The van der Waals surface area contributed by atoms with Gasteiger partial charge >= 0.3 is 0 Å². The number of hydrogen-bond acceptors (Lipinski definition) is 2. The average molecular weight is 482 g/mol. The lowest BCUT2D eigenvalue weighted by Gasteiger charge is -2.19. The maximum absolute atomic E-state index is 6.27. The number of rotatable bonds is 1. The van der Waals surface area contributed by atoms with Crippen molar-refractivity contribution in [1.29, 1.82) is 0 Å². The third-order valence-corrected chi connectivity index (χ3v) is 8.21. The topological polar surface area (TPSA) is 26.8 Å². The second kappa shape index (κ2) is 6.74. The van der Waals surface area contributed by atoms with Crippen LogP contribution in [0.2, 0.25) is 0 Å². The molecule has 0 unspecified atom stereocenters. The molecule has 0 fully saturated rings. The number of benzene rings is 5. The highest BCUT2D eigenvalue weighted by molar-refractivity contribution is 6.28. The number of hydrogen-bond donors (Lipinski definition) is 0. The second-order valence-electron chi connectivity index (χ2n) is 11.5. The molecule has 3 heteroatoms. The van der Waals surface area contributed by atoms with Gasteiger partial charge in [-0.25, -0.2) is 0 Å². The Bertz CT molecular complexity index is 2220. The number of furan rings is 1. The van der Waals surface area contributed by atoms with Crippen LogP contribution in [0.1, 0.15) is 31.9 Å². The van der Waals surface area contributed by atoms with Crippen LogP contribution in [0.25, 0.3) is 70.8 Å². The van der Waals surface area contributed by atoms with Crippen LogP contribution < -0.4 is 4.74 Å². The summed E-state index contributed by atoms with van der Waals surface area (Å²) in [7, 11) is 1.77. The van der Waals surface area contributed by atoms with Gasteiger partial charge in [-0.3, -0.25) is 0 Å². The van der Waals surface area contributed by atoms with Crippen molar-refractivity contribution in [2.45, 2.75) is 33.1 Å². The summed E-state index contributed by atoms with van der Waals surface area (Å²) in [5, 5.41) is 9.76. The summed E-state index contributed by atoms with van der Waals surface area (Å²) in [5.74, 6) is 0.921.